The van der Waals surface area contributed by atoms with Gasteiger partial charge in [0, 0.05) is 26.9 Å². The lowest BCUT2D eigenvalue weighted by Crippen LogP contribution is -2.36. The second kappa shape index (κ2) is 11.0. The van der Waals surface area contributed by atoms with E-state index in [0.29, 0.717) is 27.0 Å². The second-order valence-corrected chi connectivity index (χ2v) is 9.58. The van der Waals surface area contributed by atoms with Crippen LogP contribution in [0.4, 0.5) is 10.5 Å². The van der Waals surface area contributed by atoms with Crippen molar-refractivity contribution in [1.82, 2.24) is 4.90 Å². The highest BCUT2D eigenvalue weighted by molar-refractivity contribution is 8.18. The smallest absolute Gasteiger partial charge is 0.294 e. The van der Waals surface area contributed by atoms with Crippen molar-refractivity contribution in [3.8, 4) is 5.75 Å². The van der Waals surface area contributed by atoms with Crippen molar-refractivity contribution in [2.24, 2.45) is 0 Å². The zero-order chi connectivity index (χ0) is 24.9. The summed E-state index contributed by atoms with van der Waals surface area (Å²) in [6.45, 7) is 1.73. The van der Waals surface area contributed by atoms with E-state index in [9.17, 15) is 14.4 Å². The third-order valence-corrected chi connectivity index (χ3v) is 6.58. The average Bonchev–Trinajstić information content (AvgIpc) is 3.06. The van der Waals surface area contributed by atoms with Crippen molar-refractivity contribution in [3.05, 3.63) is 98.4 Å². The van der Waals surface area contributed by atoms with Crippen LogP contribution in [0.25, 0.3) is 6.08 Å². The normalized spacial score (nSPS) is 14.5. The fraction of sp³-hybridized carbons (Fsp3) is 0.115. The molecule has 0 radical (unpaired) electrons. The molecule has 35 heavy (non-hydrogen) atoms. The number of halogens is 2. The molecule has 6 nitrogen and oxygen atoms in total. The molecule has 1 aliphatic rings. The number of nitrogens with one attached hydrogen (secondary N) is 1. The Morgan fingerprint density at radius 1 is 1.06 bits per heavy atom. The van der Waals surface area contributed by atoms with Gasteiger partial charge in [0.05, 0.1) is 4.91 Å². The van der Waals surface area contributed by atoms with Gasteiger partial charge in [0.1, 0.15) is 18.9 Å². The number of carbonyl (C=O) groups is 3. The number of para-hydroxylation sites is 1. The fourth-order valence-electron chi connectivity index (χ4n) is 3.37. The minimum absolute atomic E-state index is 0.196. The lowest BCUT2D eigenvalue weighted by atomic mass is 10.1. The number of benzene rings is 3. The zero-order valence-electron chi connectivity index (χ0n) is 18.6. The van der Waals surface area contributed by atoms with E-state index >= 15 is 0 Å². The van der Waals surface area contributed by atoms with E-state index < -0.39 is 17.1 Å². The van der Waals surface area contributed by atoms with Gasteiger partial charge in [-0.15, -0.1) is 0 Å². The monoisotopic (exact) mass is 526 g/mol. The molecule has 9 heteroatoms. The van der Waals surface area contributed by atoms with Gasteiger partial charge in [0.15, 0.2) is 0 Å². The third-order valence-electron chi connectivity index (χ3n) is 5.08. The first-order valence-corrected chi connectivity index (χ1v) is 12.1. The van der Waals surface area contributed by atoms with Crippen LogP contribution in [0.2, 0.25) is 10.0 Å². The first kappa shape index (κ1) is 24.9. The predicted molar refractivity (Wildman–Crippen MR) is 140 cm³/mol. The number of thioether (sulfide) groups is 1. The van der Waals surface area contributed by atoms with E-state index in [1.807, 2.05) is 19.1 Å². The number of imide groups is 1. The SMILES string of the molecule is Cc1cccc(NC(=O)CN2C(=O)S/C(=C/c3ccccc3OCc3ccc(Cl)cc3Cl)C2=O)c1. The van der Waals surface area contributed by atoms with Crippen LogP contribution in [0.1, 0.15) is 16.7 Å². The molecular formula is C26H20Cl2N2O4S. The van der Waals surface area contributed by atoms with Gasteiger partial charge in [-0.2, -0.15) is 0 Å². The maximum atomic E-state index is 12.9. The summed E-state index contributed by atoms with van der Waals surface area (Å²) in [5.74, 6) is -0.472. The topological polar surface area (TPSA) is 75.7 Å². The minimum Gasteiger partial charge on any atom is -0.488 e. The van der Waals surface area contributed by atoms with E-state index in [-0.39, 0.29) is 18.1 Å². The van der Waals surface area contributed by atoms with Gasteiger partial charge >= 0.3 is 0 Å². The summed E-state index contributed by atoms with van der Waals surface area (Å²) in [5.41, 5.74) is 2.96. The molecule has 1 aliphatic heterocycles. The van der Waals surface area contributed by atoms with Crippen LogP contribution >= 0.6 is 35.0 Å². The Kier molecular flexibility index (Phi) is 7.80. The van der Waals surface area contributed by atoms with Gasteiger partial charge in [-0.1, -0.05) is 59.6 Å². The van der Waals surface area contributed by atoms with Crippen molar-refractivity contribution in [3.63, 3.8) is 0 Å². The van der Waals surface area contributed by atoms with E-state index in [1.165, 1.54) is 0 Å². The fourth-order valence-corrected chi connectivity index (χ4v) is 4.66. The lowest BCUT2D eigenvalue weighted by molar-refractivity contribution is -0.127. The molecule has 1 fully saturated rings. The Morgan fingerprint density at radius 3 is 2.63 bits per heavy atom. The van der Waals surface area contributed by atoms with Crippen molar-refractivity contribution in [2.45, 2.75) is 13.5 Å². The Morgan fingerprint density at radius 2 is 1.86 bits per heavy atom. The number of hydrogen-bond donors (Lipinski definition) is 1. The van der Waals surface area contributed by atoms with E-state index in [4.69, 9.17) is 27.9 Å². The van der Waals surface area contributed by atoms with Crippen LogP contribution in [0.15, 0.2) is 71.6 Å². The Labute approximate surface area is 216 Å². The summed E-state index contributed by atoms with van der Waals surface area (Å²) in [5, 5.41) is 3.22. The lowest BCUT2D eigenvalue weighted by Gasteiger charge is -2.13. The summed E-state index contributed by atoms with van der Waals surface area (Å²) in [7, 11) is 0. The van der Waals surface area contributed by atoms with Crippen LogP contribution < -0.4 is 10.1 Å². The first-order chi connectivity index (χ1) is 16.8. The maximum Gasteiger partial charge on any atom is 0.294 e. The standard InChI is InChI=1S/C26H20Cl2N2O4S/c1-16-5-4-7-20(11-16)29-24(31)14-30-25(32)23(35-26(30)33)12-17-6-2-3-8-22(17)34-15-18-9-10-19(27)13-21(18)28/h2-13H,14-15H2,1H3,(H,29,31)/b23-12+. The number of rotatable bonds is 7. The molecule has 0 unspecified atom stereocenters. The third kappa shape index (κ3) is 6.25. The molecule has 1 saturated heterocycles. The Balaban J connectivity index is 1.46. The first-order valence-electron chi connectivity index (χ1n) is 10.6. The molecule has 178 valence electrons. The summed E-state index contributed by atoms with van der Waals surface area (Å²) in [6.07, 6.45) is 1.59. The highest BCUT2D eigenvalue weighted by Crippen LogP contribution is 2.34. The van der Waals surface area contributed by atoms with Gasteiger partial charge in [-0.05, 0) is 60.7 Å². The number of amides is 3. The van der Waals surface area contributed by atoms with Gasteiger partial charge in [0.25, 0.3) is 11.1 Å². The van der Waals surface area contributed by atoms with Crippen LogP contribution in [-0.4, -0.2) is 28.5 Å². The number of hydrogen-bond acceptors (Lipinski definition) is 5. The number of anilines is 1. The molecule has 3 aromatic carbocycles. The van der Waals surface area contributed by atoms with Gasteiger partial charge in [-0.25, -0.2) is 0 Å². The van der Waals surface area contributed by atoms with Crippen molar-refractivity contribution >= 4 is 63.8 Å². The minimum atomic E-state index is -0.532. The number of aryl methyl sites for hydroxylation is 1. The summed E-state index contributed by atoms with van der Waals surface area (Å²) in [4.78, 5) is 38.9. The Hall–Kier alpha value is -3.26. The molecule has 1 heterocycles. The number of ether oxygens (including phenoxy) is 1. The molecule has 1 N–H and O–H groups in total. The highest BCUT2D eigenvalue weighted by atomic mass is 35.5. The molecule has 0 saturated carbocycles. The van der Waals surface area contributed by atoms with Crippen molar-refractivity contribution < 1.29 is 19.1 Å². The van der Waals surface area contributed by atoms with E-state index in [0.717, 1.165) is 27.8 Å². The molecule has 0 atom stereocenters. The molecule has 0 aliphatic carbocycles. The average molecular weight is 527 g/mol. The molecule has 3 aromatic rings. The molecular weight excluding hydrogens is 507 g/mol. The van der Waals surface area contributed by atoms with Gasteiger partial charge in [-0.3, -0.25) is 19.3 Å². The Bertz CT molecular complexity index is 1340. The van der Waals surface area contributed by atoms with Crippen LogP contribution in [0.5, 0.6) is 5.75 Å². The quantitative estimate of drug-likeness (QED) is 0.353. The summed E-state index contributed by atoms with van der Waals surface area (Å²) < 4.78 is 5.93. The van der Waals surface area contributed by atoms with Crippen LogP contribution in [0, 0.1) is 6.92 Å². The number of nitrogens with zero attached hydrogens (tertiary/aromatic N) is 1. The van der Waals surface area contributed by atoms with Crippen molar-refractivity contribution in [1.29, 1.82) is 0 Å². The maximum absolute atomic E-state index is 12.9. The molecule has 0 bridgehead atoms. The van der Waals surface area contributed by atoms with E-state index in [1.54, 1.807) is 60.7 Å². The second-order valence-electron chi connectivity index (χ2n) is 7.75. The summed E-state index contributed by atoms with van der Waals surface area (Å²) >= 11 is 13.0. The molecule has 0 aromatic heterocycles. The van der Waals surface area contributed by atoms with Gasteiger partial charge in [0.2, 0.25) is 5.91 Å². The van der Waals surface area contributed by atoms with Crippen LogP contribution in [0.3, 0.4) is 0 Å². The summed E-state index contributed by atoms with van der Waals surface area (Å²) in [6, 6.07) is 19.5. The molecule has 0 spiro atoms. The highest BCUT2D eigenvalue weighted by Gasteiger charge is 2.36. The zero-order valence-corrected chi connectivity index (χ0v) is 20.9. The molecule has 4 rings (SSSR count). The molecule has 3 amide bonds. The largest absolute Gasteiger partial charge is 0.488 e. The predicted octanol–water partition coefficient (Wildman–Crippen LogP) is 6.56. The van der Waals surface area contributed by atoms with Gasteiger partial charge < -0.3 is 10.1 Å². The number of carbonyl (C=O) groups excluding carboxylic acids is 3. The van der Waals surface area contributed by atoms with Crippen LogP contribution in [-0.2, 0) is 16.2 Å². The van der Waals surface area contributed by atoms with E-state index in [2.05, 4.69) is 5.32 Å². The van der Waals surface area contributed by atoms with Crippen molar-refractivity contribution in [2.75, 3.05) is 11.9 Å².